The van der Waals surface area contributed by atoms with Gasteiger partial charge in [0.25, 0.3) is 5.91 Å². The lowest BCUT2D eigenvalue weighted by Gasteiger charge is -2.13. The highest BCUT2D eigenvalue weighted by Crippen LogP contribution is 2.21. The molecule has 8 heteroatoms. The Morgan fingerprint density at radius 2 is 1.93 bits per heavy atom. The van der Waals surface area contributed by atoms with Gasteiger partial charge in [-0.15, -0.1) is 0 Å². The van der Waals surface area contributed by atoms with Crippen LogP contribution in [0.3, 0.4) is 0 Å². The van der Waals surface area contributed by atoms with Gasteiger partial charge in [-0.2, -0.15) is 0 Å². The molecule has 2 N–H and O–H groups in total. The minimum absolute atomic E-state index is 0.100. The molecule has 0 saturated heterocycles. The molecule has 1 saturated carbocycles. The highest BCUT2D eigenvalue weighted by atomic mass is 16.5. The van der Waals surface area contributed by atoms with Gasteiger partial charge < -0.3 is 19.5 Å². The lowest BCUT2D eigenvalue weighted by atomic mass is 10.1. The minimum Gasteiger partial charge on any atom is -0.496 e. The Morgan fingerprint density at radius 1 is 1.19 bits per heavy atom. The second-order valence-electron chi connectivity index (χ2n) is 6.24. The van der Waals surface area contributed by atoms with Gasteiger partial charge in [-0.25, -0.2) is 9.59 Å². The van der Waals surface area contributed by atoms with E-state index in [4.69, 9.17) is 14.2 Å². The maximum atomic E-state index is 12.2. The Morgan fingerprint density at radius 3 is 2.59 bits per heavy atom. The Balaban J connectivity index is 1.83. The average Bonchev–Trinajstić information content (AvgIpc) is 3.16. The number of carbonyl (C=O) groups is 3. The van der Waals surface area contributed by atoms with Crippen LogP contribution in [0.4, 0.5) is 4.79 Å². The summed E-state index contributed by atoms with van der Waals surface area (Å²) in [6, 6.07) is 4.32. The molecule has 3 amide bonds. The number of hydrogen-bond acceptors (Lipinski definition) is 6. The molecule has 27 heavy (non-hydrogen) atoms. The van der Waals surface area contributed by atoms with Crippen LogP contribution in [-0.2, 0) is 20.9 Å². The van der Waals surface area contributed by atoms with Crippen LogP contribution in [0.2, 0.25) is 0 Å². The monoisotopic (exact) mass is 378 g/mol. The molecule has 0 heterocycles. The first-order valence-electron chi connectivity index (χ1n) is 9.05. The predicted octanol–water partition coefficient (Wildman–Crippen LogP) is 2.16. The number of ether oxygens (including phenoxy) is 3. The standard InChI is InChI=1S/C19H26N2O6/c1-3-26-11-14-10-13(8-9-16(14)25-2)18(23)27-12-17(22)21-19(24)20-15-6-4-5-7-15/h8-10,15H,3-7,11-12H2,1-2H3,(H2,20,21,22,24). The molecular formula is C19H26N2O6. The lowest BCUT2D eigenvalue weighted by molar-refractivity contribution is -0.123. The van der Waals surface area contributed by atoms with Crippen molar-refractivity contribution < 1.29 is 28.6 Å². The number of methoxy groups -OCH3 is 1. The first-order chi connectivity index (χ1) is 13.0. The highest BCUT2D eigenvalue weighted by Gasteiger charge is 2.19. The van der Waals surface area contributed by atoms with Gasteiger partial charge in [0.1, 0.15) is 5.75 Å². The van der Waals surface area contributed by atoms with Crippen LogP contribution in [0.15, 0.2) is 18.2 Å². The number of urea groups is 1. The van der Waals surface area contributed by atoms with E-state index in [2.05, 4.69) is 10.6 Å². The maximum absolute atomic E-state index is 12.2. The van der Waals surface area contributed by atoms with E-state index in [9.17, 15) is 14.4 Å². The Hall–Kier alpha value is -2.61. The summed E-state index contributed by atoms with van der Waals surface area (Å²) in [6.45, 7) is 2.15. The van der Waals surface area contributed by atoms with E-state index < -0.39 is 24.5 Å². The van der Waals surface area contributed by atoms with Gasteiger partial charge >= 0.3 is 12.0 Å². The Bertz CT molecular complexity index is 670. The number of nitrogens with one attached hydrogen (secondary N) is 2. The molecule has 0 spiro atoms. The summed E-state index contributed by atoms with van der Waals surface area (Å²) in [5.41, 5.74) is 0.975. The number of esters is 1. The van der Waals surface area contributed by atoms with Gasteiger partial charge in [0.2, 0.25) is 0 Å². The van der Waals surface area contributed by atoms with Gasteiger partial charge in [-0.3, -0.25) is 10.1 Å². The molecule has 1 aromatic carbocycles. The van der Waals surface area contributed by atoms with Crippen molar-refractivity contribution in [1.29, 1.82) is 0 Å². The van der Waals surface area contributed by atoms with Gasteiger partial charge in [0.15, 0.2) is 6.61 Å². The van der Waals surface area contributed by atoms with Crippen LogP contribution < -0.4 is 15.4 Å². The minimum atomic E-state index is -0.679. The summed E-state index contributed by atoms with van der Waals surface area (Å²) < 4.78 is 15.6. The molecule has 0 unspecified atom stereocenters. The number of amides is 3. The molecule has 1 aliphatic rings. The van der Waals surface area contributed by atoms with Crippen molar-refractivity contribution in [3.05, 3.63) is 29.3 Å². The van der Waals surface area contributed by atoms with Gasteiger partial charge in [-0.1, -0.05) is 12.8 Å². The number of hydrogen-bond donors (Lipinski definition) is 2. The molecule has 0 atom stereocenters. The van der Waals surface area contributed by atoms with Crippen LogP contribution in [-0.4, -0.2) is 44.3 Å². The third-order valence-electron chi connectivity index (χ3n) is 4.26. The van der Waals surface area contributed by atoms with E-state index >= 15 is 0 Å². The van der Waals surface area contributed by atoms with E-state index in [1.54, 1.807) is 18.2 Å². The van der Waals surface area contributed by atoms with Crippen LogP contribution in [0, 0.1) is 0 Å². The fraction of sp³-hybridized carbons (Fsp3) is 0.526. The third-order valence-corrected chi connectivity index (χ3v) is 4.26. The summed E-state index contributed by atoms with van der Waals surface area (Å²) in [4.78, 5) is 35.7. The summed E-state index contributed by atoms with van der Waals surface area (Å²) in [5, 5.41) is 4.89. The second-order valence-corrected chi connectivity index (χ2v) is 6.24. The van der Waals surface area contributed by atoms with Crippen molar-refractivity contribution in [3.63, 3.8) is 0 Å². The topological polar surface area (TPSA) is 103 Å². The summed E-state index contributed by atoms with van der Waals surface area (Å²) in [5.74, 6) is -0.745. The first kappa shape index (κ1) is 20.7. The molecule has 0 aliphatic heterocycles. The zero-order chi connectivity index (χ0) is 19.6. The number of rotatable bonds is 8. The Labute approximate surface area is 158 Å². The normalized spacial score (nSPS) is 13.9. The van der Waals surface area contributed by atoms with Gasteiger partial charge in [-0.05, 0) is 38.0 Å². The van der Waals surface area contributed by atoms with E-state index in [0.717, 1.165) is 25.7 Å². The van der Waals surface area contributed by atoms with Gasteiger partial charge in [0, 0.05) is 18.2 Å². The van der Waals surface area contributed by atoms with E-state index in [0.29, 0.717) is 24.5 Å². The zero-order valence-corrected chi connectivity index (χ0v) is 15.7. The molecular weight excluding hydrogens is 352 g/mol. The maximum Gasteiger partial charge on any atom is 0.338 e. The third kappa shape index (κ3) is 6.56. The molecule has 2 rings (SSSR count). The first-order valence-corrected chi connectivity index (χ1v) is 9.05. The van der Waals surface area contributed by atoms with Crippen molar-refractivity contribution in [1.82, 2.24) is 10.6 Å². The Kier molecular flexibility index (Phi) is 8.06. The fourth-order valence-electron chi connectivity index (χ4n) is 2.90. The second kappa shape index (κ2) is 10.5. The summed E-state index contributed by atoms with van der Waals surface area (Å²) in [6.07, 6.45) is 3.98. The molecule has 1 fully saturated rings. The van der Waals surface area contributed by atoms with Crippen LogP contribution >= 0.6 is 0 Å². The van der Waals surface area contributed by atoms with E-state index in [-0.39, 0.29) is 11.6 Å². The van der Waals surface area contributed by atoms with Crippen molar-refractivity contribution in [2.24, 2.45) is 0 Å². The smallest absolute Gasteiger partial charge is 0.338 e. The molecule has 8 nitrogen and oxygen atoms in total. The van der Waals surface area contributed by atoms with E-state index in [1.165, 1.54) is 7.11 Å². The molecule has 1 aliphatic carbocycles. The molecule has 148 valence electrons. The quantitative estimate of drug-likeness (QED) is 0.672. The average molecular weight is 378 g/mol. The van der Waals surface area contributed by atoms with Crippen LogP contribution in [0.25, 0.3) is 0 Å². The lowest BCUT2D eigenvalue weighted by Crippen LogP contribution is -2.44. The molecule has 0 bridgehead atoms. The largest absolute Gasteiger partial charge is 0.496 e. The van der Waals surface area contributed by atoms with E-state index in [1.807, 2.05) is 6.92 Å². The SMILES string of the molecule is CCOCc1cc(C(=O)OCC(=O)NC(=O)NC2CCCC2)ccc1OC. The molecule has 0 aromatic heterocycles. The number of carbonyl (C=O) groups excluding carboxylic acids is 3. The van der Waals surface area contributed by atoms with Crippen LogP contribution in [0.1, 0.15) is 48.5 Å². The van der Waals surface area contributed by atoms with Crippen molar-refractivity contribution in [3.8, 4) is 5.75 Å². The van der Waals surface area contributed by atoms with Crippen molar-refractivity contribution in [2.75, 3.05) is 20.3 Å². The van der Waals surface area contributed by atoms with Crippen molar-refractivity contribution >= 4 is 17.9 Å². The van der Waals surface area contributed by atoms with Crippen LogP contribution in [0.5, 0.6) is 5.75 Å². The fourth-order valence-corrected chi connectivity index (χ4v) is 2.90. The summed E-state index contributed by atoms with van der Waals surface area (Å²) >= 11 is 0. The number of benzene rings is 1. The molecule has 0 radical (unpaired) electrons. The highest BCUT2D eigenvalue weighted by molar-refractivity contribution is 5.97. The number of imide groups is 1. The molecule has 1 aromatic rings. The van der Waals surface area contributed by atoms with Crippen molar-refractivity contribution in [2.45, 2.75) is 45.3 Å². The van der Waals surface area contributed by atoms with Gasteiger partial charge in [0.05, 0.1) is 19.3 Å². The zero-order valence-electron chi connectivity index (χ0n) is 15.7. The predicted molar refractivity (Wildman–Crippen MR) is 97.5 cm³/mol. The summed E-state index contributed by atoms with van der Waals surface area (Å²) in [7, 11) is 1.53.